The molecule has 0 aromatic heterocycles. The van der Waals surface area contributed by atoms with Gasteiger partial charge in [-0.15, -0.1) is 0 Å². The number of hydrogen-bond acceptors (Lipinski definition) is 2. The maximum atomic E-state index is 13.3. The molecule has 2 rings (SSSR count). The minimum Gasteiger partial charge on any atom is -0.457 e. The Hall–Kier alpha value is -2.36. The fraction of sp³-hybridized carbons (Fsp3) is 0.316. The molecule has 0 radical (unpaired) electrons. The van der Waals surface area contributed by atoms with Crippen molar-refractivity contribution >= 4 is 12.0 Å². The van der Waals surface area contributed by atoms with Crippen molar-refractivity contribution < 1.29 is 9.13 Å². The highest BCUT2D eigenvalue weighted by molar-refractivity contribution is 5.64. The van der Waals surface area contributed by atoms with Crippen LogP contribution >= 0.6 is 0 Å². The van der Waals surface area contributed by atoms with Crippen molar-refractivity contribution in [2.45, 2.75) is 27.7 Å². The van der Waals surface area contributed by atoms with Gasteiger partial charge in [0.15, 0.2) is 0 Å². The van der Waals surface area contributed by atoms with Crippen molar-refractivity contribution in [3.8, 4) is 11.5 Å². The average molecular weight is 314 g/mol. The van der Waals surface area contributed by atoms with Gasteiger partial charge in [0.1, 0.15) is 17.3 Å². The van der Waals surface area contributed by atoms with Crippen molar-refractivity contribution in [1.82, 2.24) is 4.90 Å². The zero-order valence-corrected chi connectivity index (χ0v) is 14.4. The van der Waals surface area contributed by atoms with E-state index in [1.54, 1.807) is 19.1 Å². The van der Waals surface area contributed by atoms with Crippen molar-refractivity contribution in [1.29, 1.82) is 0 Å². The van der Waals surface area contributed by atoms with Crippen molar-refractivity contribution in [3.63, 3.8) is 0 Å². The number of ether oxygens (including phenoxy) is 1. The highest BCUT2D eigenvalue weighted by atomic mass is 19.1. The Bertz CT molecular complexity index is 726. The maximum Gasteiger partial charge on any atom is 0.130 e. The van der Waals surface area contributed by atoms with E-state index in [0.717, 1.165) is 29.1 Å². The standard InChI is InChI=1S/C19H23FN2O/c1-6-22(5)12-21-18-10-15(4)19(11-14(18)3)23-16-7-8-17(20)13(2)9-16/h7-12H,6H2,1-5H3. The van der Waals surface area contributed by atoms with Gasteiger partial charge >= 0.3 is 0 Å². The second-order valence-electron chi connectivity index (χ2n) is 5.74. The molecule has 2 aromatic carbocycles. The zero-order chi connectivity index (χ0) is 17.0. The van der Waals surface area contributed by atoms with Crippen molar-refractivity contribution in [2.24, 2.45) is 4.99 Å². The summed E-state index contributed by atoms with van der Waals surface area (Å²) in [6, 6.07) is 8.73. The Morgan fingerprint density at radius 3 is 2.48 bits per heavy atom. The molecule has 0 fully saturated rings. The lowest BCUT2D eigenvalue weighted by Gasteiger charge is -2.13. The summed E-state index contributed by atoms with van der Waals surface area (Å²) in [5.74, 6) is 1.17. The Kier molecular flexibility index (Phi) is 5.37. The van der Waals surface area contributed by atoms with Crippen LogP contribution in [0.2, 0.25) is 0 Å². The van der Waals surface area contributed by atoms with Crippen LogP contribution in [0.1, 0.15) is 23.6 Å². The quantitative estimate of drug-likeness (QED) is 0.563. The van der Waals surface area contributed by atoms with Gasteiger partial charge in [-0.3, -0.25) is 0 Å². The van der Waals surface area contributed by atoms with E-state index in [4.69, 9.17) is 4.74 Å². The molecule has 0 saturated carbocycles. The zero-order valence-electron chi connectivity index (χ0n) is 14.4. The third kappa shape index (κ3) is 4.31. The van der Waals surface area contributed by atoms with Crippen LogP contribution in [0.25, 0.3) is 0 Å². The van der Waals surface area contributed by atoms with Gasteiger partial charge in [-0.05, 0) is 74.7 Å². The third-order valence-electron chi connectivity index (χ3n) is 3.74. The summed E-state index contributed by atoms with van der Waals surface area (Å²) >= 11 is 0. The van der Waals surface area contributed by atoms with Gasteiger partial charge < -0.3 is 9.64 Å². The summed E-state index contributed by atoms with van der Waals surface area (Å²) in [7, 11) is 1.99. The van der Waals surface area contributed by atoms with Crippen LogP contribution in [-0.2, 0) is 0 Å². The largest absolute Gasteiger partial charge is 0.457 e. The molecular weight excluding hydrogens is 291 g/mol. The lowest BCUT2D eigenvalue weighted by molar-refractivity contribution is 0.475. The van der Waals surface area contributed by atoms with Gasteiger partial charge in [0.2, 0.25) is 0 Å². The molecule has 0 atom stereocenters. The molecule has 2 aromatic rings. The fourth-order valence-electron chi connectivity index (χ4n) is 2.07. The van der Waals surface area contributed by atoms with E-state index in [1.165, 1.54) is 6.07 Å². The Labute approximate surface area is 137 Å². The van der Waals surface area contributed by atoms with E-state index in [1.807, 2.05) is 44.3 Å². The summed E-state index contributed by atoms with van der Waals surface area (Å²) < 4.78 is 19.2. The van der Waals surface area contributed by atoms with E-state index in [9.17, 15) is 4.39 Å². The van der Waals surface area contributed by atoms with Crippen LogP contribution in [0.3, 0.4) is 0 Å². The normalized spacial score (nSPS) is 11.0. The molecule has 0 bridgehead atoms. The second-order valence-corrected chi connectivity index (χ2v) is 5.74. The minimum atomic E-state index is -0.227. The first-order valence-corrected chi connectivity index (χ1v) is 7.70. The predicted molar refractivity (Wildman–Crippen MR) is 93.6 cm³/mol. The van der Waals surface area contributed by atoms with Gasteiger partial charge in [0.25, 0.3) is 0 Å². The van der Waals surface area contributed by atoms with Gasteiger partial charge in [-0.1, -0.05) is 0 Å². The topological polar surface area (TPSA) is 24.8 Å². The van der Waals surface area contributed by atoms with E-state index in [0.29, 0.717) is 11.3 Å². The molecule has 0 spiro atoms. The Balaban J connectivity index is 2.25. The molecule has 0 unspecified atom stereocenters. The summed E-state index contributed by atoms with van der Waals surface area (Å²) in [4.78, 5) is 6.52. The van der Waals surface area contributed by atoms with E-state index < -0.39 is 0 Å². The number of halogens is 1. The van der Waals surface area contributed by atoms with Crippen LogP contribution in [0.15, 0.2) is 35.3 Å². The lowest BCUT2D eigenvalue weighted by Crippen LogP contribution is -2.14. The molecule has 0 heterocycles. The summed E-state index contributed by atoms with van der Waals surface area (Å²) in [6.45, 7) is 8.69. The summed E-state index contributed by atoms with van der Waals surface area (Å²) in [5, 5.41) is 0. The van der Waals surface area contributed by atoms with Crippen LogP contribution in [-0.4, -0.2) is 24.8 Å². The molecule has 122 valence electrons. The predicted octanol–water partition coefficient (Wildman–Crippen LogP) is 5.15. The summed E-state index contributed by atoms with van der Waals surface area (Å²) in [6.07, 6.45) is 1.83. The van der Waals surface area contributed by atoms with E-state index in [-0.39, 0.29) is 5.82 Å². The van der Waals surface area contributed by atoms with Crippen LogP contribution in [0.4, 0.5) is 10.1 Å². The molecule has 3 nitrogen and oxygen atoms in total. The van der Waals surface area contributed by atoms with Crippen LogP contribution < -0.4 is 4.74 Å². The number of hydrogen-bond donors (Lipinski definition) is 0. The van der Waals surface area contributed by atoms with Crippen LogP contribution in [0, 0.1) is 26.6 Å². The van der Waals surface area contributed by atoms with Gasteiger partial charge in [0, 0.05) is 13.6 Å². The molecule has 0 saturated heterocycles. The first kappa shape index (κ1) is 17.0. The average Bonchev–Trinajstić information content (AvgIpc) is 2.52. The molecule has 0 N–H and O–H groups in total. The minimum absolute atomic E-state index is 0.227. The second kappa shape index (κ2) is 7.27. The van der Waals surface area contributed by atoms with Crippen LogP contribution in [0.5, 0.6) is 11.5 Å². The number of aryl methyl sites for hydroxylation is 3. The first-order valence-electron chi connectivity index (χ1n) is 7.70. The lowest BCUT2D eigenvalue weighted by atomic mass is 10.1. The molecule has 0 aliphatic heterocycles. The smallest absolute Gasteiger partial charge is 0.130 e. The Morgan fingerprint density at radius 1 is 1.09 bits per heavy atom. The van der Waals surface area contributed by atoms with Gasteiger partial charge in [-0.25, -0.2) is 9.38 Å². The SMILES string of the molecule is CCN(C)C=Nc1cc(C)c(Oc2ccc(F)c(C)c2)cc1C. The fourth-order valence-corrected chi connectivity index (χ4v) is 2.07. The van der Waals surface area contributed by atoms with E-state index in [2.05, 4.69) is 11.9 Å². The van der Waals surface area contributed by atoms with Gasteiger partial charge in [-0.2, -0.15) is 0 Å². The molecule has 23 heavy (non-hydrogen) atoms. The van der Waals surface area contributed by atoms with Gasteiger partial charge in [0.05, 0.1) is 12.0 Å². The maximum absolute atomic E-state index is 13.3. The van der Waals surface area contributed by atoms with Crippen molar-refractivity contribution in [2.75, 3.05) is 13.6 Å². The Morgan fingerprint density at radius 2 is 1.83 bits per heavy atom. The highest BCUT2D eigenvalue weighted by Gasteiger charge is 2.07. The molecule has 0 amide bonds. The number of nitrogens with zero attached hydrogens (tertiary/aromatic N) is 2. The summed E-state index contributed by atoms with van der Waals surface area (Å²) in [5.41, 5.74) is 3.51. The number of aliphatic imine (C=N–C) groups is 1. The number of benzene rings is 2. The molecular formula is C19H23FN2O. The monoisotopic (exact) mass is 314 g/mol. The molecule has 0 aliphatic rings. The first-order chi connectivity index (χ1) is 10.9. The molecule has 4 heteroatoms. The van der Waals surface area contributed by atoms with E-state index >= 15 is 0 Å². The molecule has 0 aliphatic carbocycles. The third-order valence-corrected chi connectivity index (χ3v) is 3.74. The van der Waals surface area contributed by atoms with Crippen molar-refractivity contribution in [3.05, 3.63) is 52.8 Å². The number of rotatable bonds is 5. The highest BCUT2D eigenvalue weighted by Crippen LogP contribution is 2.32.